The van der Waals surface area contributed by atoms with Crippen molar-refractivity contribution in [3.63, 3.8) is 0 Å². The fourth-order valence-corrected chi connectivity index (χ4v) is 2.14. The van der Waals surface area contributed by atoms with E-state index in [4.69, 9.17) is 0 Å². The van der Waals surface area contributed by atoms with Gasteiger partial charge in [-0.2, -0.15) is 5.10 Å². The molecule has 0 aliphatic carbocycles. The summed E-state index contributed by atoms with van der Waals surface area (Å²) in [5.41, 5.74) is 2.49. The topological polar surface area (TPSA) is 29.9 Å². The number of rotatable bonds is 6. The number of aromatic nitrogens is 2. The van der Waals surface area contributed by atoms with Gasteiger partial charge in [0.2, 0.25) is 0 Å². The zero-order chi connectivity index (χ0) is 13.7. The molecule has 1 aromatic heterocycles. The maximum Gasteiger partial charge on any atom is 0.0791 e. The first kappa shape index (κ1) is 13.8. The third-order valence-corrected chi connectivity index (χ3v) is 3.53. The minimum absolute atomic E-state index is 0.291. The van der Waals surface area contributed by atoms with Gasteiger partial charge >= 0.3 is 0 Å². The Morgan fingerprint density at radius 3 is 2.53 bits per heavy atom. The van der Waals surface area contributed by atoms with E-state index in [1.807, 2.05) is 10.9 Å². The van der Waals surface area contributed by atoms with Gasteiger partial charge in [-0.1, -0.05) is 37.3 Å². The van der Waals surface area contributed by atoms with Crippen LogP contribution in [0.1, 0.15) is 44.0 Å². The van der Waals surface area contributed by atoms with Gasteiger partial charge in [-0.25, -0.2) is 0 Å². The van der Waals surface area contributed by atoms with Crippen molar-refractivity contribution < 1.29 is 0 Å². The molecule has 0 amide bonds. The van der Waals surface area contributed by atoms with Crippen LogP contribution in [0.2, 0.25) is 0 Å². The standard InChI is InChI=1S/C16H23N3/c1-4-19-11-10-16(18-19)14(3)17-12-13(2)15-8-6-5-7-9-15/h5-11,13-14,17H,4,12H2,1-3H3. The Morgan fingerprint density at radius 2 is 1.89 bits per heavy atom. The number of aryl methyl sites for hydroxylation is 1. The Labute approximate surface area is 115 Å². The van der Waals surface area contributed by atoms with Gasteiger partial charge in [0.05, 0.1) is 5.69 Å². The molecule has 19 heavy (non-hydrogen) atoms. The van der Waals surface area contributed by atoms with Gasteiger partial charge in [-0.15, -0.1) is 0 Å². The molecule has 2 aromatic rings. The van der Waals surface area contributed by atoms with Crippen LogP contribution in [0.5, 0.6) is 0 Å². The van der Waals surface area contributed by atoms with Crippen molar-refractivity contribution >= 4 is 0 Å². The first-order chi connectivity index (χ1) is 9.20. The lowest BCUT2D eigenvalue weighted by Crippen LogP contribution is -2.24. The van der Waals surface area contributed by atoms with Crippen LogP contribution >= 0.6 is 0 Å². The number of hydrogen-bond acceptors (Lipinski definition) is 2. The molecule has 3 heteroatoms. The van der Waals surface area contributed by atoms with Crippen molar-refractivity contribution in [3.05, 3.63) is 53.9 Å². The van der Waals surface area contributed by atoms with E-state index in [1.54, 1.807) is 0 Å². The molecule has 102 valence electrons. The Balaban J connectivity index is 1.88. The Kier molecular flexibility index (Phi) is 4.74. The molecule has 2 unspecified atom stereocenters. The first-order valence-electron chi connectivity index (χ1n) is 7.02. The van der Waals surface area contributed by atoms with Crippen LogP contribution in [0.25, 0.3) is 0 Å². The molecule has 2 rings (SSSR count). The predicted molar refractivity (Wildman–Crippen MR) is 79.2 cm³/mol. The van der Waals surface area contributed by atoms with Crippen LogP contribution in [-0.4, -0.2) is 16.3 Å². The van der Waals surface area contributed by atoms with Crippen molar-refractivity contribution in [1.82, 2.24) is 15.1 Å². The zero-order valence-electron chi connectivity index (χ0n) is 12.0. The number of nitrogens with zero attached hydrogens (tertiary/aromatic N) is 2. The van der Waals surface area contributed by atoms with Crippen molar-refractivity contribution in [2.45, 2.75) is 39.3 Å². The molecule has 0 saturated carbocycles. The molecule has 1 aromatic carbocycles. The average Bonchev–Trinajstić information content (AvgIpc) is 2.94. The van der Waals surface area contributed by atoms with Crippen LogP contribution in [0, 0.1) is 0 Å². The first-order valence-corrected chi connectivity index (χ1v) is 7.02. The van der Waals surface area contributed by atoms with E-state index in [9.17, 15) is 0 Å². The van der Waals surface area contributed by atoms with Crippen LogP contribution in [-0.2, 0) is 6.54 Å². The smallest absolute Gasteiger partial charge is 0.0791 e. The van der Waals surface area contributed by atoms with Gasteiger partial charge < -0.3 is 5.32 Å². The van der Waals surface area contributed by atoms with Gasteiger partial charge in [-0.05, 0) is 31.4 Å². The van der Waals surface area contributed by atoms with Crippen molar-refractivity contribution in [1.29, 1.82) is 0 Å². The van der Waals surface area contributed by atoms with Crippen LogP contribution in [0.15, 0.2) is 42.6 Å². The molecule has 0 aliphatic rings. The minimum atomic E-state index is 0.291. The van der Waals surface area contributed by atoms with E-state index in [0.29, 0.717) is 12.0 Å². The van der Waals surface area contributed by atoms with E-state index < -0.39 is 0 Å². The van der Waals surface area contributed by atoms with E-state index in [-0.39, 0.29) is 0 Å². The third kappa shape index (κ3) is 3.67. The molecule has 2 atom stereocenters. The molecule has 3 nitrogen and oxygen atoms in total. The molecule has 0 bridgehead atoms. The monoisotopic (exact) mass is 257 g/mol. The lowest BCUT2D eigenvalue weighted by atomic mass is 10.0. The second-order valence-electron chi connectivity index (χ2n) is 5.04. The van der Waals surface area contributed by atoms with E-state index in [0.717, 1.165) is 18.8 Å². The molecule has 1 N–H and O–H groups in total. The third-order valence-electron chi connectivity index (χ3n) is 3.53. The van der Waals surface area contributed by atoms with Crippen LogP contribution < -0.4 is 5.32 Å². The lowest BCUT2D eigenvalue weighted by molar-refractivity contribution is 0.517. The van der Waals surface area contributed by atoms with Gasteiger partial charge in [0, 0.05) is 25.3 Å². The average molecular weight is 257 g/mol. The molecular weight excluding hydrogens is 234 g/mol. The van der Waals surface area contributed by atoms with Gasteiger partial charge in [0.15, 0.2) is 0 Å². The Morgan fingerprint density at radius 1 is 1.16 bits per heavy atom. The van der Waals surface area contributed by atoms with Crippen molar-refractivity contribution in [3.8, 4) is 0 Å². The highest BCUT2D eigenvalue weighted by Crippen LogP contribution is 2.15. The minimum Gasteiger partial charge on any atom is -0.308 e. The second-order valence-corrected chi connectivity index (χ2v) is 5.04. The summed E-state index contributed by atoms with van der Waals surface area (Å²) in [5, 5.41) is 8.09. The summed E-state index contributed by atoms with van der Waals surface area (Å²) in [7, 11) is 0. The summed E-state index contributed by atoms with van der Waals surface area (Å²) in [6.45, 7) is 8.41. The fraction of sp³-hybridized carbons (Fsp3) is 0.438. The van der Waals surface area contributed by atoms with Gasteiger partial charge in [0.1, 0.15) is 0 Å². The highest BCUT2D eigenvalue weighted by Gasteiger charge is 2.11. The fourth-order valence-electron chi connectivity index (χ4n) is 2.14. The zero-order valence-corrected chi connectivity index (χ0v) is 12.0. The normalized spacial score (nSPS) is 14.3. The second kappa shape index (κ2) is 6.53. The molecule has 0 saturated heterocycles. The Hall–Kier alpha value is -1.61. The quantitative estimate of drug-likeness (QED) is 0.860. The lowest BCUT2D eigenvalue weighted by Gasteiger charge is -2.16. The largest absolute Gasteiger partial charge is 0.308 e. The molecular formula is C16H23N3. The Bertz CT molecular complexity index is 490. The van der Waals surface area contributed by atoms with Crippen molar-refractivity contribution in [2.24, 2.45) is 0 Å². The SMILES string of the molecule is CCn1ccc(C(C)NCC(C)c2ccccc2)n1. The summed E-state index contributed by atoms with van der Waals surface area (Å²) in [4.78, 5) is 0. The molecule has 0 radical (unpaired) electrons. The number of benzene rings is 1. The summed E-state index contributed by atoms with van der Waals surface area (Å²) in [5.74, 6) is 0.511. The van der Waals surface area contributed by atoms with Crippen molar-refractivity contribution in [2.75, 3.05) is 6.54 Å². The van der Waals surface area contributed by atoms with Gasteiger partial charge in [-0.3, -0.25) is 4.68 Å². The highest BCUT2D eigenvalue weighted by atomic mass is 15.3. The molecule has 0 fully saturated rings. The highest BCUT2D eigenvalue weighted by molar-refractivity contribution is 5.19. The molecule has 0 aliphatic heterocycles. The van der Waals surface area contributed by atoms with E-state index >= 15 is 0 Å². The summed E-state index contributed by atoms with van der Waals surface area (Å²) >= 11 is 0. The summed E-state index contributed by atoms with van der Waals surface area (Å²) < 4.78 is 1.97. The number of nitrogens with one attached hydrogen (secondary N) is 1. The van der Waals surface area contributed by atoms with Gasteiger partial charge in [0.25, 0.3) is 0 Å². The maximum absolute atomic E-state index is 4.53. The predicted octanol–water partition coefficient (Wildman–Crippen LogP) is 3.36. The molecule has 1 heterocycles. The summed E-state index contributed by atoms with van der Waals surface area (Å²) in [6.07, 6.45) is 2.04. The molecule has 0 spiro atoms. The number of hydrogen-bond donors (Lipinski definition) is 1. The van der Waals surface area contributed by atoms with E-state index in [2.05, 4.69) is 67.6 Å². The van der Waals surface area contributed by atoms with Crippen LogP contribution in [0.3, 0.4) is 0 Å². The van der Waals surface area contributed by atoms with Crippen LogP contribution in [0.4, 0.5) is 0 Å². The summed E-state index contributed by atoms with van der Waals surface area (Å²) in [6, 6.07) is 13.0. The van der Waals surface area contributed by atoms with E-state index in [1.165, 1.54) is 5.56 Å². The maximum atomic E-state index is 4.53.